The first-order valence-electron chi connectivity index (χ1n) is 5.22. The predicted molar refractivity (Wildman–Crippen MR) is 48.5 cm³/mol. The van der Waals surface area contributed by atoms with E-state index in [0.29, 0.717) is 17.9 Å². The average molecular weight is 186 g/mol. The summed E-state index contributed by atoms with van der Waals surface area (Å²) in [6.07, 6.45) is 3.52. The lowest BCUT2D eigenvalue weighted by Gasteiger charge is -2.29. The van der Waals surface area contributed by atoms with Gasteiger partial charge in [-0.25, -0.2) is 0 Å². The van der Waals surface area contributed by atoms with E-state index < -0.39 is 0 Å². The summed E-state index contributed by atoms with van der Waals surface area (Å²) in [6.45, 7) is 2.83. The van der Waals surface area contributed by atoms with Crippen LogP contribution in [0.15, 0.2) is 0 Å². The zero-order chi connectivity index (χ0) is 9.10. The fourth-order valence-electron chi connectivity index (χ4n) is 2.42. The summed E-state index contributed by atoms with van der Waals surface area (Å²) < 4.78 is 11.0. The summed E-state index contributed by atoms with van der Waals surface area (Å²) in [5, 5.41) is 9.16. The predicted octanol–water partition coefficient (Wildman–Crippen LogP) is 0.810. The molecule has 0 aromatic rings. The second kappa shape index (κ2) is 4.40. The summed E-state index contributed by atoms with van der Waals surface area (Å²) in [6, 6.07) is 0. The first-order chi connectivity index (χ1) is 6.42. The molecule has 0 saturated carbocycles. The van der Waals surface area contributed by atoms with Crippen LogP contribution in [0.5, 0.6) is 0 Å². The standard InChI is InChI=1S/C10H18O3/c11-7-9-3-6-13-10(9)8-1-4-12-5-2-8/h8-11H,1-7H2. The third-order valence-corrected chi connectivity index (χ3v) is 3.23. The molecule has 0 aromatic heterocycles. The second-order valence-corrected chi connectivity index (χ2v) is 4.02. The lowest BCUT2D eigenvalue weighted by Crippen LogP contribution is -2.32. The van der Waals surface area contributed by atoms with Crippen molar-refractivity contribution in [2.45, 2.75) is 25.4 Å². The van der Waals surface area contributed by atoms with Crippen LogP contribution in [-0.4, -0.2) is 37.6 Å². The molecule has 2 heterocycles. The third kappa shape index (κ3) is 2.03. The van der Waals surface area contributed by atoms with E-state index in [9.17, 15) is 0 Å². The molecule has 0 amide bonds. The molecule has 0 bridgehead atoms. The van der Waals surface area contributed by atoms with Crippen LogP contribution in [0.3, 0.4) is 0 Å². The Hall–Kier alpha value is -0.120. The van der Waals surface area contributed by atoms with Crippen LogP contribution in [0, 0.1) is 11.8 Å². The molecule has 1 N–H and O–H groups in total. The number of aliphatic hydroxyl groups is 1. The van der Waals surface area contributed by atoms with Crippen LogP contribution < -0.4 is 0 Å². The van der Waals surface area contributed by atoms with Crippen LogP contribution in [0.4, 0.5) is 0 Å². The van der Waals surface area contributed by atoms with Gasteiger partial charge in [-0.05, 0) is 25.2 Å². The van der Waals surface area contributed by atoms with Crippen molar-refractivity contribution in [3.05, 3.63) is 0 Å². The highest BCUT2D eigenvalue weighted by molar-refractivity contribution is 4.83. The van der Waals surface area contributed by atoms with Gasteiger partial charge >= 0.3 is 0 Å². The first kappa shape index (κ1) is 9.44. The molecule has 2 unspecified atom stereocenters. The van der Waals surface area contributed by atoms with Gasteiger partial charge in [0, 0.05) is 32.3 Å². The smallest absolute Gasteiger partial charge is 0.0655 e. The minimum Gasteiger partial charge on any atom is -0.396 e. The van der Waals surface area contributed by atoms with Crippen LogP contribution >= 0.6 is 0 Å². The Morgan fingerprint density at radius 3 is 2.54 bits per heavy atom. The van der Waals surface area contributed by atoms with Gasteiger partial charge in [0.25, 0.3) is 0 Å². The molecule has 3 heteroatoms. The van der Waals surface area contributed by atoms with E-state index >= 15 is 0 Å². The summed E-state index contributed by atoms with van der Waals surface area (Å²) in [5.74, 6) is 0.997. The molecule has 76 valence electrons. The number of rotatable bonds is 2. The summed E-state index contributed by atoms with van der Waals surface area (Å²) in [7, 11) is 0. The topological polar surface area (TPSA) is 38.7 Å². The van der Waals surface area contributed by atoms with Crippen molar-refractivity contribution in [3.8, 4) is 0 Å². The second-order valence-electron chi connectivity index (χ2n) is 4.02. The van der Waals surface area contributed by atoms with Crippen LogP contribution in [0.25, 0.3) is 0 Å². The zero-order valence-corrected chi connectivity index (χ0v) is 7.95. The quantitative estimate of drug-likeness (QED) is 0.693. The first-order valence-corrected chi connectivity index (χ1v) is 5.22. The van der Waals surface area contributed by atoms with E-state index in [4.69, 9.17) is 14.6 Å². The molecule has 0 aliphatic carbocycles. The Morgan fingerprint density at radius 2 is 1.85 bits per heavy atom. The largest absolute Gasteiger partial charge is 0.396 e. The third-order valence-electron chi connectivity index (χ3n) is 3.23. The van der Waals surface area contributed by atoms with Crippen molar-refractivity contribution in [2.75, 3.05) is 26.4 Å². The Balaban J connectivity index is 1.90. The molecule has 0 spiro atoms. The minimum atomic E-state index is 0.280. The van der Waals surface area contributed by atoms with Crippen molar-refractivity contribution >= 4 is 0 Å². The summed E-state index contributed by atoms with van der Waals surface area (Å²) in [5.41, 5.74) is 0. The summed E-state index contributed by atoms with van der Waals surface area (Å²) in [4.78, 5) is 0. The van der Waals surface area contributed by atoms with Crippen LogP contribution in [0.1, 0.15) is 19.3 Å². The molecule has 13 heavy (non-hydrogen) atoms. The molecule has 3 nitrogen and oxygen atoms in total. The molecule has 2 fully saturated rings. The average Bonchev–Trinajstić information content (AvgIpc) is 2.67. The maximum Gasteiger partial charge on any atom is 0.0655 e. The highest BCUT2D eigenvalue weighted by atomic mass is 16.5. The maximum absolute atomic E-state index is 9.16. The Morgan fingerprint density at radius 1 is 1.08 bits per heavy atom. The van der Waals surface area contributed by atoms with Gasteiger partial charge in [0.2, 0.25) is 0 Å². The van der Waals surface area contributed by atoms with E-state index in [1.54, 1.807) is 0 Å². The van der Waals surface area contributed by atoms with Gasteiger partial charge in [-0.1, -0.05) is 0 Å². The maximum atomic E-state index is 9.16. The van der Waals surface area contributed by atoms with Crippen molar-refractivity contribution in [1.82, 2.24) is 0 Å². The van der Waals surface area contributed by atoms with Gasteiger partial charge < -0.3 is 14.6 Å². The molecule has 2 aliphatic rings. The van der Waals surface area contributed by atoms with Gasteiger partial charge in [0.15, 0.2) is 0 Å². The van der Waals surface area contributed by atoms with Gasteiger partial charge in [-0.2, -0.15) is 0 Å². The SMILES string of the molecule is OCC1CCOC1C1CCOCC1. The molecular weight excluding hydrogens is 168 g/mol. The van der Waals surface area contributed by atoms with Crippen molar-refractivity contribution in [3.63, 3.8) is 0 Å². The van der Waals surface area contributed by atoms with Gasteiger partial charge in [-0.15, -0.1) is 0 Å². The van der Waals surface area contributed by atoms with Crippen LogP contribution in [0.2, 0.25) is 0 Å². The van der Waals surface area contributed by atoms with Gasteiger partial charge in [-0.3, -0.25) is 0 Å². The number of hydrogen-bond acceptors (Lipinski definition) is 3. The number of hydrogen-bond donors (Lipinski definition) is 1. The number of aliphatic hydroxyl groups excluding tert-OH is 1. The Bertz CT molecular complexity index is 154. The van der Waals surface area contributed by atoms with E-state index in [0.717, 1.165) is 39.1 Å². The van der Waals surface area contributed by atoms with Gasteiger partial charge in [0.05, 0.1) is 6.10 Å². The number of ether oxygens (including phenoxy) is 2. The summed E-state index contributed by atoms with van der Waals surface area (Å²) >= 11 is 0. The van der Waals surface area contributed by atoms with Crippen molar-refractivity contribution in [2.24, 2.45) is 11.8 Å². The normalized spacial score (nSPS) is 36.7. The fourth-order valence-corrected chi connectivity index (χ4v) is 2.42. The zero-order valence-electron chi connectivity index (χ0n) is 7.95. The van der Waals surface area contributed by atoms with Crippen molar-refractivity contribution in [1.29, 1.82) is 0 Å². The van der Waals surface area contributed by atoms with E-state index in [2.05, 4.69) is 0 Å². The molecule has 2 aliphatic heterocycles. The van der Waals surface area contributed by atoms with Gasteiger partial charge in [0.1, 0.15) is 0 Å². The molecule has 0 aromatic carbocycles. The monoisotopic (exact) mass is 186 g/mol. The van der Waals surface area contributed by atoms with E-state index in [-0.39, 0.29) is 6.61 Å². The van der Waals surface area contributed by atoms with E-state index in [1.165, 1.54) is 0 Å². The Labute approximate surface area is 79.0 Å². The Kier molecular flexibility index (Phi) is 3.19. The molecule has 2 atom stereocenters. The lowest BCUT2D eigenvalue weighted by atomic mass is 9.86. The highest BCUT2D eigenvalue weighted by Crippen LogP contribution is 2.31. The molecule has 2 rings (SSSR count). The van der Waals surface area contributed by atoms with E-state index in [1.807, 2.05) is 0 Å². The van der Waals surface area contributed by atoms with Crippen LogP contribution in [-0.2, 0) is 9.47 Å². The minimum absolute atomic E-state index is 0.280. The molecule has 0 radical (unpaired) electrons. The lowest BCUT2D eigenvalue weighted by molar-refractivity contribution is -0.0258. The fraction of sp³-hybridized carbons (Fsp3) is 1.00. The van der Waals surface area contributed by atoms with Crippen molar-refractivity contribution < 1.29 is 14.6 Å². The molecular formula is C10H18O3. The highest BCUT2D eigenvalue weighted by Gasteiger charge is 2.34. The molecule has 2 saturated heterocycles.